The van der Waals surface area contributed by atoms with Crippen molar-refractivity contribution in [2.24, 2.45) is 4.99 Å². The Morgan fingerprint density at radius 3 is 2.89 bits per heavy atom. The number of aryl methyl sites for hydroxylation is 1. The predicted octanol–water partition coefficient (Wildman–Crippen LogP) is 4.34. The molecule has 1 aliphatic carbocycles. The minimum absolute atomic E-state index is 0.0157. The highest BCUT2D eigenvalue weighted by atomic mass is 32.1. The SMILES string of the molecule is CCNC(=NCc1cnc(C)s1)NC1CC2(CCCC2)Oc2ccccc21. The smallest absolute Gasteiger partial charge is 0.192 e. The maximum Gasteiger partial charge on any atom is 0.192 e. The molecular weight excluding hydrogens is 356 g/mol. The van der Waals surface area contributed by atoms with Gasteiger partial charge in [-0.15, -0.1) is 11.3 Å². The first-order chi connectivity index (χ1) is 13.2. The van der Waals surface area contributed by atoms with E-state index >= 15 is 0 Å². The van der Waals surface area contributed by atoms with Crippen LogP contribution >= 0.6 is 11.3 Å². The zero-order valence-corrected chi connectivity index (χ0v) is 16.9. The van der Waals surface area contributed by atoms with Crippen LogP contribution in [0.3, 0.4) is 0 Å². The van der Waals surface area contributed by atoms with Gasteiger partial charge in [-0.25, -0.2) is 9.98 Å². The number of aromatic nitrogens is 1. The summed E-state index contributed by atoms with van der Waals surface area (Å²) in [6, 6.07) is 8.65. The van der Waals surface area contributed by atoms with Crippen LogP contribution in [0.4, 0.5) is 0 Å². The molecule has 0 amide bonds. The molecule has 1 saturated carbocycles. The Labute approximate surface area is 165 Å². The molecule has 1 aromatic heterocycles. The summed E-state index contributed by atoms with van der Waals surface area (Å²) >= 11 is 1.70. The number of hydrogen-bond acceptors (Lipinski definition) is 4. The van der Waals surface area contributed by atoms with Crippen LogP contribution in [0.2, 0.25) is 0 Å². The standard InChI is InChI=1S/C21H28N4OS/c1-3-22-20(24-14-16-13-23-15(2)27-16)25-18-12-21(10-6-7-11-21)26-19-9-5-4-8-17(18)19/h4-5,8-9,13,18H,3,6-7,10-12,14H2,1-2H3,(H2,22,24,25). The van der Waals surface area contributed by atoms with Crippen molar-refractivity contribution >= 4 is 17.3 Å². The van der Waals surface area contributed by atoms with E-state index in [1.54, 1.807) is 11.3 Å². The first-order valence-corrected chi connectivity index (χ1v) is 10.7. The van der Waals surface area contributed by atoms with Gasteiger partial charge in [-0.1, -0.05) is 18.2 Å². The number of nitrogens with one attached hydrogen (secondary N) is 2. The lowest BCUT2D eigenvalue weighted by Crippen LogP contribution is -2.46. The lowest BCUT2D eigenvalue weighted by Gasteiger charge is -2.40. The summed E-state index contributed by atoms with van der Waals surface area (Å²) in [4.78, 5) is 10.3. The Morgan fingerprint density at radius 2 is 2.15 bits per heavy atom. The van der Waals surface area contributed by atoms with Crippen molar-refractivity contribution in [2.45, 2.75) is 64.1 Å². The molecule has 144 valence electrons. The number of nitrogens with zero attached hydrogens (tertiary/aromatic N) is 2. The zero-order valence-electron chi connectivity index (χ0n) is 16.1. The van der Waals surface area contributed by atoms with Gasteiger partial charge in [0.2, 0.25) is 0 Å². The number of para-hydroxylation sites is 1. The summed E-state index contributed by atoms with van der Waals surface area (Å²) < 4.78 is 6.48. The summed E-state index contributed by atoms with van der Waals surface area (Å²) in [6.07, 6.45) is 7.72. The molecule has 1 unspecified atom stereocenters. The number of benzene rings is 1. The molecule has 4 rings (SSSR count). The van der Waals surface area contributed by atoms with E-state index in [0.717, 1.165) is 42.5 Å². The van der Waals surface area contributed by atoms with Gasteiger partial charge in [-0.3, -0.25) is 0 Å². The largest absolute Gasteiger partial charge is 0.487 e. The van der Waals surface area contributed by atoms with Gasteiger partial charge in [0.25, 0.3) is 0 Å². The monoisotopic (exact) mass is 384 g/mol. The van der Waals surface area contributed by atoms with E-state index in [9.17, 15) is 0 Å². The highest BCUT2D eigenvalue weighted by Crippen LogP contribution is 2.46. The minimum atomic E-state index is -0.0157. The topological polar surface area (TPSA) is 58.5 Å². The van der Waals surface area contributed by atoms with Gasteiger partial charge in [-0.05, 0) is 45.6 Å². The van der Waals surface area contributed by atoms with Crippen molar-refractivity contribution in [2.75, 3.05) is 6.54 Å². The normalized spacial score (nSPS) is 21.0. The van der Waals surface area contributed by atoms with Crippen molar-refractivity contribution in [3.05, 3.63) is 45.9 Å². The lowest BCUT2D eigenvalue weighted by molar-refractivity contribution is 0.0396. The number of thiazole rings is 1. The third-order valence-electron chi connectivity index (χ3n) is 5.43. The average Bonchev–Trinajstić information content (AvgIpc) is 3.29. The number of aliphatic imine (C=N–C) groups is 1. The summed E-state index contributed by atoms with van der Waals surface area (Å²) in [7, 11) is 0. The van der Waals surface area contributed by atoms with Crippen LogP contribution in [-0.4, -0.2) is 23.1 Å². The van der Waals surface area contributed by atoms with E-state index in [1.807, 2.05) is 13.1 Å². The van der Waals surface area contributed by atoms with Gasteiger partial charge in [-0.2, -0.15) is 0 Å². The third-order valence-corrected chi connectivity index (χ3v) is 6.33. The van der Waals surface area contributed by atoms with Crippen LogP contribution in [0.5, 0.6) is 5.75 Å². The quantitative estimate of drug-likeness (QED) is 0.608. The van der Waals surface area contributed by atoms with Crippen LogP contribution in [-0.2, 0) is 6.54 Å². The van der Waals surface area contributed by atoms with Crippen LogP contribution in [0.15, 0.2) is 35.5 Å². The second kappa shape index (κ2) is 7.89. The summed E-state index contributed by atoms with van der Waals surface area (Å²) in [6.45, 7) is 5.62. The van der Waals surface area contributed by atoms with Crippen molar-refractivity contribution in [1.82, 2.24) is 15.6 Å². The first-order valence-electron chi connectivity index (χ1n) is 9.91. The second-order valence-electron chi connectivity index (χ2n) is 7.47. The molecule has 1 atom stereocenters. The molecule has 0 saturated heterocycles. The Balaban J connectivity index is 1.56. The van der Waals surface area contributed by atoms with Gasteiger partial charge in [0.15, 0.2) is 5.96 Å². The van der Waals surface area contributed by atoms with Crippen molar-refractivity contribution in [1.29, 1.82) is 0 Å². The fourth-order valence-electron chi connectivity index (χ4n) is 4.19. The molecule has 2 aromatic rings. The van der Waals surface area contributed by atoms with E-state index < -0.39 is 0 Å². The number of rotatable bonds is 4. The van der Waals surface area contributed by atoms with Crippen molar-refractivity contribution in [3.8, 4) is 5.75 Å². The number of hydrogen-bond donors (Lipinski definition) is 2. The van der Waals surface area contributed by atoms with Crippen LogP contribution in [0, 0.1) is 6.92 Å². The fraction of sp³-hybridized carbons (Fsp3) is 0.524. The first kappa shape index (κ1) is 18.3. The fourth-order valence-corrected chi connectivity index (χ4v) is 4.91. The highest BCUT2D eigenvalue weighted by Gasteiger charge is 2.43. The van der Waals surface area contributed by atoms with Gasteiger partial charge < -0.3 is 15.4 Å². The second-order valence-corrected chi connectivity index (χ2v) is 8.79. The molecule has 1 aliphatic heterocycles. The molecule has 1 fully saturated rings. The summed E-state index contributed by atoms with van der Waals surface area (Å²) in [5, 5.41) is 8.17. The molecule has 0 bridgehead atoms. The molecule has 1 spiro atoms. The zero-order chi connectivity index (χ0) is 18.7. The van der Waals surface area contributed by atoms with Crippen molar-refractivity contribution in [3.63, 3.8) is 0 Å². The molecule has 6 heteroatoms. The Kier molecular flexibility index (Phi) is 5.34. The molecule has 2 N–H and O–H groups in total. The number of ether oxygens (including phenoxy) is 1. The summed E-state index contributed by atoms with van der Waals surface area (Å²) in [5.74, 6) is 1.88. The van der Waals surface area contributed by atoms with Crippen molar-refractivity contribution < 1.29 is 4.74 Å². The highest BCUT2D eigenvalue weighted by molar-refractivity contribution is 7.11. The van der Waals surface area contributed by atoms with E-state index in [-0.39, 0.29) is 11.6 Å². The van der Waals surface area contributed by atoms with Gasteiger partial charge >= 0.3 is 0 Å². The Hall–Kier alpha value is -2.08. The van der Waals surface area contributed by atoms with E-state index in [2.05, 4.69) is 46.8 Å². The molecule has 2 heterocycles. The molecular formula is C21H28N4OS. The number of fused-ring (bicyclic) bond motifs is 1. The predicted molar refractivity (Wildman–Crippen MR) is 110 cm³/mol. The average molecular weight is 385 g/mol. The Bertz CT molecular complexity index is 810. The van der Waals surface area contributed by atoms with Crippen LogP contribution < -0.4 is 15.4 Å². The molecule has 27 heavy (non-hydrogen) atoms. The molecule has 1 aromatic carbocycles. The van der Waals surface area contributed by atoms with E-state index in [1.165, 1.54) is 23.3 Å². The molecule has 5 nitrogen and oxygen atoms in total. The summed E-state index contributed by atoms with van der Waals surface area (Å²) in [5.41, 5.74) is 1.22. The number of guanidine groups is 1. The maximum absolute atomic E-state index is 6.48. The molecule has 2 aliphatic rings. The lowest BCUT2D eigenvalue weighted by atomic mass is 9.86. The van der Waals surface area contributed by atoms with E-state index in [4.69, 9.17) is 9.73 Å². The van der Waals surface area contributed by atoms with Gasteiger partial charge in [0.1, 0.15) is 11.4 Å². The third kappa shape index (κ3) is 4.10. The van der Waals surface area contributed by atoms with Crippen LogP contribution in [0.1, 0.15) is 60.5 Å². The van der Waals surface area contributed by atoms with Gasteiger partial charge in [0, 0.05) is 29.6 Å². The maximum atomic E-state index is 6.48. The van der Waals surface area contributed by atoms with E-state index in [0.29, 0.717) is 6.54 Å². The minimum Gasteiger partial charge on any atom is -0.487 e. The molecule has 0 radical (unpaired) electrons. The van der Waals surface area contributed by atoms with Gasteiger partial charge in [0.05, 0.1) is 17.6 Å². The Morgan fingerprint density at radius 1 is 1.33 bits per heavy atom. The van der Waals surface area contributed by atoms with Crippen LogP contribution in [0.25, 0.3) is 0 Å².